The molecule has 0 aliphatic rings. The Morgan fingerprint density at radius 3 is 2.47 bits per heavy atom. The van der Waals surface area contributed by atoms with Crippen LogP contribution in [0.2, 0.25) is 0 Å². The van der Waals surface area contributed by atoms with Gasteiger partial charge in [0.25, 0.3) is 0 Å². The van der Waals surface area contributed by atoms with Gasteiger partial charge in [0.1, 0.15) is 5.78 Å². The van der Waals surface area contributed by atoms with E-state index < -0.39 is 10.0 Å². The Hall–Kier alpha value is -1.20. The minimum atomic E-state index is -3.51. The van der Waals surface area contributed by atoms with Gasteiger partial charge in [0.2, 0.25) is 10.0 Å². The van der Waals surface area contributed by atoms with Crippen LogP contribution >= 0.6 is 0 Å². The molecule has 0 saturated carbocycles. The Kier molecular flexibility index (Phi) is 4.42. The van der Waals surface area contributed by atoms with Crippen molar-refractivity contribution in [3.8, 4) is 0 Å². The fraction of sp³-hybridized carbons (Fsp3) is 0.417. The molecule has 5 heteroatoms. The number of carbonyl (C=O) groups is 1. The minimum Gasteiger partial charge on any atom is -0.300 e. The Morgan fingerprint density at radius 2 is 1.94 bits per heavy atom. The number of aryl methyl sites for hydroxylation is 2. The second-order valence-corrected chi connectivity index (χ2v) is 5.85. The molecule has 0 fully saturated rings. The number of nitrogens with one attached hydrogen (secondary N) is 1. The zero-order valence-electron chi connectivity index (χ0n) is 10.3. The van der Waals surface area contributed by atoms with Gasteiger partial charge in [-0.2, -0.15) is 0 Å². The van der Waals surface area contributed by atoms with Crippen LogP contribution in [0.15, 0.2) is 23.1 Å². The molecule has 17 heavy (non-hydrogen) atoms. The molecule has 0 saturated heterocycles. The van der Waals surface area contributed by atoms with Gasteiger partial charge in [0, 0.05) is 13.0 Å². The molecule has 0 amide bonds. The third kappa shape index (κ3) is 3.94. The summed E-state index contributed by atoms with van der Waals surface area (Å²) in [6, 6.07) is 5.16. The molecule has 0 atom stereocenters. The summed E-state index contributed by atoms with van der Waals surface area (Å²) >= 11 is 0. The van der Waals surface area contributed by atoms with Gasteiger partial charge in [-0.1, -0.05) is 17.7 Å². The normalized spacial score (nSPS) is 11.5. The Morgan fingerprint density at radius 1 is 1.29 bits per heavy atom. The fourth-order valence-electron chi connectivity index (χ4n) is 1.54. The Labute approximate surface area is 102 Å². The van der Waals surface area contributed by atoms with E-state index in [-0.39, 0.29) is 23.6 Å². The third-order valence-electron chi connectivity index (χ3n) is 2.39. The van der Waals surface area contributed by atoms with Gasteiger partial charge in [0.05, 0.1) is 4.90 Å². The van der Waals surface area contributed by atoms with E-state index in [0.29, 0.717) is 5.56 Å². The number of Topliss-reactive ketones (excluding diaryl/α,β-unsaturated/α-hetero) is 1. The van der Waals surface area contributed by atoms with Crippen molar-refractivity contribution in [2.75, 3.05) is 6.54 Å². The summed E-state index contributed by atoms with van der Waals surface area (Å²) < 4.78 is 26.3. The highest BCUT2D eigenvalue weighted by atomic mass is 32.2. The molecule has 1 rings (SSSR count). The average molecular weight is 255 g/mol. The highest BCUT2D eigenvalue weighted by molar-refractivity contribution is 7.89. The van der Waals surface area contributed by atoms with E-state index in [4.69, 9.17) is 0 Å². The SMILES string of the molecule is CC(=O)CCNS(=O)(=O)c1ccc(C)cc1C. The first-order chi connectivity index (χ1) is 7.83. The van der Waals surface area contributed by atoms with Crippen molar-refractivity contribution in [3.05, 3.63) is 29.3 Å². The maximum Gasteiger partial charge on any atom is 0.240 e. The number of hydrogen-bond donors (Lipinski definition) is 1. The van der Waals surface area contributed by atoms with E-state index >= 15 is 0 Å². The lowest BCUT2D eigenvalue weighted by atomic mass is 10.2. The summed E-state index contributed by atoms with van der Waals surface area (Å²) in [5.74, 6) is -0.0340. The van der Waals surface area contributed by atoms with Crippen molar-refractivity contribution in [2.24, 2.45) is 0 Å². The molecule has 1 aromatic rings. The van der Waals surface area contributed by atoms with Crippen molar-refractivity contribution in [1.82, 2.24) is 4.72 Å². The molecule has 0 aromatic heterocycles. The predicted octanol–water partition coefficient (Wildman–Crippen LogP) is 1.56. The minimum absolute atomic E-state index is 0.0340. The third-order valence-corrected chi connectivity index (χ3v) is 4.01. The summed E-state index contributed by atoms with van der Waals surface area (Å²) in [5.41, 5.74) is 1.73. The molecule has 1 aromatic carbocycles. The molecule has 94 valence electrons. The van der Waals surface area contributed by atoms with Crippen molar-refractivity contribution in [2.45, 2.75) is 32.1 Å². The van der Waals surface area contributed by atoms with Gasteiger partial charge in [-0.3, -0.25) is 4.79 Å². The van der Waals surface area contributed by atoms with Crippen molar-refractivity contribution >= 4 is 15.8 Å². The molecule has 4 nitrogen and oxygen atoms in total. The number of ketones is 1. The van der Waals surface area contributed by atoms with Crippen LogP contribution in [0.3, 0.4) is 0 Å². The quantitative estimate of drug-likeness (QED) is 0.868. The molecular weight excluding hydrogens is 238 g/mol. The Balaban J connectivity index is 2.86. The van der Waals surface area contributed by atoms with Crippen molar-refractivity contribution in [3.63, 3.8) is 0 Å². The van der Waals surface area contributed by atoms with Gasteiger partial charge < -0.3 is 0 Å². The topological polar surface area (TPSA) is 63.2 Å². The molecular formula is C12H17NO3S. The molecule has 0 bridgehead atoms. The van der Waals surface area contributed by atoms with E-state index in [1.165, 1.54) is 6.92 Å². The first-order valence-electron chi connectivity index (χ1n) is 5.39. The summed E-state index contributed by atoms with van der Waals surface area (Å²) in [6.45, 7) is 5.25. The van der Waals surface area contributed by atoms with E-state index in [2.05, 4.69) is 4.72 Å². The van der Waals surface area contributed by atoms with Crippen LogP contribution < -0.4 is 4.72 Å². The zero-order valence-corrected chi connectivity index (χ0v) is 11.1. The highest BCUT2D eigenvalue weighted by Gasteiger charge is 2.15. The first-order valence-corrected chi connectivity index (χ1v) is 6.87. The van der Waals surface area contributed by atoms with Gasteiger partial charge in [-0.15, -0.1) is 0 Å². The largest absolute Gasteiger partial charge is 0.300 e. The van der Waals surface area contributed by atoms with Gasteiger partial charge in [0.15, 0.2) is 0 Å². The number of rotatable bonds is 5. The van der Waals surface area contributed by atoms with E-state index in [9.17, 15) is 13.2 Å². The summed E-state index contributed by atoms with van der Waals surface area (Å²) in [7, 11) is -3.51. The summed E-state index contributed by atoms with van der Waals surface area (Å²) in [4.78, 5) is 11.0. The lowest BCUT2D eigenvalue weighted by molar-refractivity contribution is -0.116. The number of hydrogen-bond acceptors (Lipinski definition) is 3. The fourth-order valence-corrected chi connectivity index (χ4v) is 2.80. The monoisotopic (exact) mass is 255 g/mol. The zero-order chi connectivity index (χ0) is 13.1. The number of benzene rings is 1. The van der Waals surface area contributed by atoms with Crippen molar-refractivity contribution < 1.29 is 13.2 Å². The first kappa shape index (κ1) is 13.9. The van der Waals surface area contributed by atoms with Crippen LogP contribution in [-0.4, -0.2) is 20.7 Å². The van der Waals surface area contributed by atoms with Crippen molar-refractivity contribution in [1.29, 1.82) is 0 Å². The second-order valence-electron chi connectivity index (χ2n) is 4.12. The maximum absolute atomic E-state index is 11.9. The van der Waals surface area contributed by atoms with Gasteiger partial charge in [-0.25, -0.2) is 13.1 Å². The van der Waals surface area contributed by atoms with Crippen LogP contribution in [0.1, 0.15) is 24.5 Å². The molecule has 0 radical (unpaired) electrons. The van der Waals surface area contributed by atoms with Crippen LogP contribution in [-0.2, 0) is 14.8 Å². The second kappa shape index (κ2) is 5.42. The Bertz CT molecular complexity index is 521. The van der Waals surface area contributed by atoms with Crippen LogP contribution in [0, 0.1) is 13.8 Å². The van der Waals surface area contributed by atoms with E-state index in [0.717, 1.165) is 5.56 Å². The van der Waals surface area contributed by atoms with E-state index in [1.807, 2.05) is 13.0 Å². The summed E-state index contributed by atoms with van der Waals surface area (Å²) in [5, 5.41) is 0. The smallest absolute Gasteiger partial charge is 0.240 e. The summed E-state index contributed by atoms with van der Waals surface area (Å²) in [6.07, 6.45) is 0.212. The maximum atomic E-state index is 11.9. The van der Waals surface area contributed by atoms with Gasteiger partial charge >= 0.3 is 0 Å². The standard InChI is InChI=1S/C12H17NO3S/c1-9-4-5-12(10(2)8-9)17(15,16)13-7-6-11(3)14/h4-5,8,13H,6-7H2,1-3H3. The van der Waals surface area contributed by atoms with Crippen LogP contribution in [0.5, 0.6) is 0 Å². The number of carbonyl (C=O) groups excluding carboxylic acids is 1. The molecule has 0 aliphatic heterocycles. The molecule has 0 heterocycles. The average Bonchev–Trinajstić information content (AvgIpc) is 2.15. The predicted molar refractivity (Wildman–Crippen MR) is 66.4 cm³/mol. The van der Waals surface area contributed by atoms with Crippen LogP contribution in [0.25, 0.3) is 0 Å². The lowest BCUT2D eigenvalue weighted by Gasteiger charge is -2.09. The van der Waals surface area contributed by atoms with E-state index in [1.54, 1.807) is 19.1 Å². The molecule has 0 aliphatic carbocycles. The highest BCUT2D eigenvalue weighted by Crippen LogP contribution is 2.15. The number of sulfonamides is 1. The van der Waals surface area contributed by atoms with Gasteiger partial charge in [-0.05, 0) is 32.4 Å². The molecule has 0 unspecified atom stereocenters. The molecule has 1 N–H and O–H groups in total. The van der Waals surface area contributed by atoms with Crippen LogP contribution in [0.4, 0.5) is 0 Å². The molecule has 0 spiro atoms. The lowest BCUT2D eigenvalue weighted by Crippen LogP contribution is -2.26.